The highest BCUT2D eigenvalue weighted by Crippen LogP contribution is 2.25. The van der Waals surface area contributed by atoms with Crippen molar-refractivity contribution in [3.8, 4) is 0 Å². The van der Waals surface area contributed by atoms with Crippen LogP contribution in [0.15, 0.2) is 18.2 Å². The second kappa shape index (κ2) is 7.54. The van der Waals surface area contributed by atoms with Crippen LogP contribution in [0.25, 0.3) is 0 Å². The van der Waals surface area contributed by atoms with Crippen LogP contribution in [-0.2, 0) is 13.0 Å². The van der Waals surface area contributed by atoms with Gasteiger partial charge in [0.25, 0.3) is 0 Å². The van der Waals surface area contributed by atoms with Crippen molar-refractivity contribution < 1.29 is 0 Å². The summed E-state index contributed by atoms with van der Waals surface area (Å²) in [6.45, 7) is 7.89. The summed E-state index contributed by atoms with van der Waals surface area (Å²) in [5.74, 6) is 0.840. The number of rotatable bonds is 7. The number of nitrogens with one attached hydrogen (secondary N) is 2. The highest BCUT2D eigenvalue weighted by atomic mass is 14.9. The number of fused-ring (bicyclic) bond motifs is 1. The van der Waals surface area contributed by atoms with E-state index in [0.29, 0.717) is 0 Å². The molecule has 1 aromatic carbocycles. The second-order valence-electron chi connectivity index (χ2n) is 6.04. The van der Waals surface area contributed by atoms with E-state index in [9.17, 15) is 0 Å². The Morgan fingerprint density at radius 2 is 2.16 bits per heavy atom. The lowest BCUT2D eigenvalue weighted by Gasteiger charge is -2.21. The van der Waals surface area contributed by atoms with E-state index in [2.05, 4.69) is 42.7 Å². The van der Waals surface area contributed by atoms with Gasteiger partial charge in [-0.25, -0.2) is 0 Å². The molecule has 0 amide bonds. The van der Waals surface area contributed by atoms with Crippen LogP contribution in [0.5, 0.6) is 0 Å². The Morgan fingerprint density at radius 1 is 1.26 bits per heavy atom. The monoisotopic (exact) mass is 260 g/mol. The van der Waals surface area contributed by atoms with Gasteiger partial charge in [0.2, 0.25) is 0 Å². The highest BCUT2D eigenvalue weighted by Gasteiger charge is 2.11. The molecule has 0 radical (unpaired) electrons. The van der Waals surface area contributed by atoms with Crippen LogP contribution in [-0.4, -0.2) is 13.1 Å². The lowest BCUT2D eigenvalue weighted by atomic mass is 9.97. The lowest BCUT2D eigenvalue weighted by molar-refractivity contribution is 0.520. The van der Waals surface area contributed by atoms with E-state index < -0.39 is 0 Å². The molecule has 2 N–H and O–H groups in total. The van der Waals surface area contributed by atoms with Crippen LogP contribution >= 0.6 is 0 Å². The maximum absolute atomic E-state index is 3.60. The minimum absolute atomic E-state index is 0.840. The molecule has 1 heterocycles. The van der Waals surface area contributed by atoms with Crippen LogP contribution in [0.3, 0.4) is 0 Å². The fourth-order valence-electron chi connectivity index (χ4n) is 2.77. The first-order valence-corrected chi connectivity index (χ1v) is 7.82. The third-order valence-corrected chi connectivity index (χ3v) is 3.89. The highest BCUT2D eigenvalue weighted by molar-refractivity contribution is 5.56. The van der Waals surface area contributed by atoms with Crippen molar-refractivity contribution in [2.75, 3.05) is 18.4 Å². The van der Waals surface area contributed by atoms with Gasteiger partial charge in [-0.2, -0.15) is 0 Å². The molecule has 0 saturated heterocycles. The Hall–Kier alpha value is -1.02. The van der Waals surface area contributed by atoms with E-state index in [-0.39, 0.29) is 0 Å². The van der Waals surface area contributed by atoms with Crippen molar-refractivity contribution in [1.82, 2.24) is 5.32 Å². The van der Waals surface area contributed by atoms with E-state index >= 15 is 0 Å². The fourth-order valence-corrected chi connectivity index (χ4v) is 2.77. The number of hydrogen-bond acceptors (Lipinski definition) is 2. The van der Waals surface area contributed by atoms with Gasteiger partial charge in [-0.3, -0.25) is 0 Å². The molecule has 1 aromatic rings. The van der Waals surface area contributed by atoms with E-state index in [0.717, 1.165) is 25.6 Å². The molecule has 0 aliphatic carbocycles. The van der Waals surface area contributed by atoms with Gasteiger partial charge in [-0.15, -0.1) is 0 Å². The second-order valence-corrected chi connectivity index (χ2v) is 6.04. The largest absolute Gasteiger partial charge is 0.385 e. The van der Waals surface area contributed by atoms with Crippen LogP contribution in [0.1, 0.15) is 50.7 Å². The summed E-state index contributed by atoms with van der Waals surface area (Å²) in [6, 6.07) is 6.65. The van der Waals surface area contributed by atoms with E-state index in [1.807, 2.05) is 0 Å². The quantitative estimate of drug-likeness (QED) is 0.725. The average molecular weight is 260 g/mol. The molecule has 106 valence electrons. The van der Waals surface area contributed by atoms with Gasteiger partial charge < -0.3 is 10.6 Å². The van der Waals surface area contributed by atoms with Crippen molar-refractivity contribution in [2.24, 2.45) is 5.92 Å². The molecule has 0 unspecified atom stereocenters. The number of unbranched alkanes of at least 4 members (excludes halogenated alkanes) is 1. The maximum Gasteiger partial charge on any atom is 0.0375 e. The molecule has 0 saturated carbocycles. The van der Waals surface area contributed by atoms with Crippen molar-refractivity contribution in [3.63, 3.8) is 0 Å². The van der Waals surface area contributed by atoms with Gasteiger partial charge in [0.1, 0.15) is 0 Å². The maximum atomic E-state index is 3.60. The van der Waals surface area contributed by atoms with Gasteiger partial charge in [-0.05, 0) is 48.9 Å². The topological polar surface area (TPSA) is 24.1 Å². The molecule has 0 spiro atoms. The number of hydrogen-bond donors (Lipinski definition) is 2. The molecule has 0 bridgehead atoms. The molecule has 2 heteroatoms. The van der Waals surface area contributed by atoms with Crippen LogP contribution < -0.4 is 10.6 Å². The van der Waals surface area contributed by atoms with Crippen molar-refractivity contribution in [2.45, 2.75) is 52.5 Å². The number of benzene rings is 1. The average Bonchev–Trinajstić information content (AvgIpc) is 2.42. The molecule has 2 nitrogen and oxygen atoms in total. The summed E-state index contributed by atoms with van der Waals surface area (Å²) >= 11 is 0. The van der Waals surface area contributed by atoms with E-state index in [1.54, 1.807) is 0 Å². The Morgan fingerprint density at radius 3 is 3.00 bits per heavy atom. The Kier molecular flexibility index (Phi) is 5.71. The Labute approximate surface area is 118 Å². The zero-order valence-electron chi connectivity index (χ0n) is 12.5. The first-order chi connectivity index (χ1) is 9.27. The zero-order valence-corrected chi connectivity index (χ0v) is 12.5. The van der Waals surface area contributed by atoms with Crippen molar-refractivity contribution in [1.29, 1.82) is 0 Å². The Balaban J connectivity index is 1.74. The molecule has 19 heavy (non-hydrogen) atoms. The van der Waals surface area contributed by atoms with Gasteiger partial charge >= 0.3 is 0 Å². The molecule has 2 rings (SSSR count). The minimum Gasteiger partial charge on any atom is -0.385 e. The number of anilines is 1. The normalized spacial score (nSPS) is 14.3. The molecule has 1 aliphatic heterocycles. The fraction of sp³-hybridized carbons (Fsp3) is 0.647. The summed E-state index contributed by atoms with van der Waals surface area (Å²) in [5.41, 5.74) is 4.36. The molecule has 0 aromatic heterocycles. The summed E-state index contributed by atoms with van der Waals surface area (Å²) in [5, 5.41) is 7.10. The Bertz CT molecular complexity index is 385. The molecular formula is C17H28N2. The lowest BCUT2D eigenvalue weighted by Crippen LogP contribution is -2.19. The third kappa shape index (κ3) is 4.54. The van der Waals surface area contributed by atoms with Gasteiger partial charge in [-0.1, -0.05) is 38.8 Å². The molecule has 0 fully saturated rings. The molecular weight excluding hydrogens is 232 g/mol. The summed E-state index contributed by atoms with van der Waals surface area (Å²) in [6.07, 6.45) is 6.49. The standard InChI is InChI=1S/C17H28N2/c1-14(2)7-3-4-11-18-13-15-8-5-10-17-16(15)9-6-12-19-17/h5,8,10,14,18-19H,3-4,6-7,9,11-13H2,1-2H3. The first-order valence-electron chi connectivity index (χ1n) is 7.82. The summed E-state index contributed by atoms with van der Waals surface area (Å²) in [7, 11) is 0. The predicted molar refractivity (Wildman–Crippen MR) is 83.6 cm³/mol. The zero-order chi connectivity index (χ0) is 13.5. The van der Waals surface area contributed by atoms with Gasteiger partial charge in [0, 0.05) is 18.8 Å². The summed E-state index contributed by atoms with van der Waals surface area (Å²) in [4.78, 5) is 0. The predicted octanol–water partition coefficient (Wildman–Crippen LogP) is 3.96. The van der Waals surface area contributed by atoms with Crippen LogP contribution in [0.2, 0.25) is 0 Å². The third-order valence-electron chi connectivity index (χ3n) is 3.89. The van der Waals surface area contributed by atoms with E-state index in [4.69, 9.17) is 0 Å². The van der Waals surface area contributed by atoms with Gasteiger partial charge in [0.05, 0.1) is 0 Å². The smallest absolute Gasteiger partial charge is 0.0375 e. The molecule has 1 aliphatic rings. The minimum atomic E-state index is 0.840. The van der Waals surface area contributed by atoms with Crippen LogP contribution in [0, 0.1) is 5.92 Å². The van der Waals surface area contributed by atoms with E-state index in [1.165, 1.54) is 48.9 Å². The summed E-state index contributed by atoms with van der Waals surface area (Å²) < 4.78 is 0. The SMILES string of the molecule is CC(C)CCCCNCc1cccc2c1CCCN2. The van der Waals surface area contributed by atoms with Gasteiger partial charge in [0.15, 0.2) is 0 Å². The van der Waals surface area contributed by atoms with Crippen LogP contribution in [0.4, 0.5) is 5.69 Å². The molecule has 0 atom stereocenters. The van der Waals surface area contributed by atoms with Crippen molar-refractivity contribution >= 4 is 5.69 Å². The first kappa shape index (κ1) is 14.4. The van der Waals surface area contributed by atoms with Crippen molar-refractivity contribution in [3.05, 3.63) is 29.3 Å².